The van der Waals surface area contributed by atoms with E-state index in [1.54, 1.807) is 15.3 Å². The van der Waals surface area contributed by atoms with Gasteiger partial charge in [-0.05, 0) is 24.4 Å². The Morgan fingerprint density at radius 3 is 2.67 bits per heavy atom. The van der Waals surface area contributed by atoms with E-state index >= 15 is 0 Å². The molecule has 3 aromatic heterocycles. The van der Waals surface area contributed by atoms with Gasteiger partial charge in [-0.2, -0.15) is 5.10 Å². The number of para-hydroxylation sites is 1. The molecule has 0 aliphatic rings. The zero-order valence-corrected chi connectivity index (χ0v) is 20.2. The highest BCUT2D eigenvalue weighted by atomic mass is 32.1. The van der Waals surface area contributed by atoms with Crippen molar-refractivity contribution in [3.8, 4) is 5.69 Å². The fraction of sp³-hybridized carbons (Fsp3) is 0.261. The lowest BCUT2D eigenvalue weighted by molar-refractivity contribution is -0.116. The third kappa shape index (κ3) is 4.57. The van der Waals surface area contributed by atoms with Crippen LogP contribution in [0.3, 0.4) is 0 Å². The summed E-state index contributed by atoms with van der Waals surface area (Å²) >= 11 is 6.53. The molecule has 1 aromatic carbocycles. The second kappa shape index (κ2) is 8.87. The van der Waals surface area contributed by atoms with Crippen LogP contribution in [0.5, 0.6) is 0 Å². The van der Waals surface area contributed by atoms with E-state index < -0.39 is 0 Å². The molecule has 1 amide bonds. The van der Waals surface area contributed by atoms with Crippen LogP contribution in [0.25, 0.3) is 16.0 Å². The molecule has 10 heteroatoms. The number of benzene rings is 1. The number of carbonyl (C=O) groups is 1. The number of rotatable bonds is 6. The Morgan fingerprint density at radius 2 is 2.00 bits per heavy atom. The van der Waals surface area contributed by atoms with Gasteiger partial charge in [-0.15, -0.1) is 6.58 Å². The normalized spacial score (nSPS) is 11.6. The Balaban J connectivity index is 1.64. The third-order valence-electron chi connectivity index (χ3n) is 5.01. The van der Waals surface area contributed by atoms with E-state index in [-0.39, 0.29) is 23.4 Å². The number of anilines is 1. The lowest BCUT2D eigenvalue weighted by Gasteiger charge is -2.14. The van der Waals surface area contributed by atoms with Gasteiger partial charge in [0.1, 0.15) is 23.4 Å². The fourth-order valence-electron chi connectivity index (χ4n) is 3.31. The van der Waals surface area contributed by atoms with Crippen molar-refractivity contribution in [3.05, 3.63) is 75.4 Å². The number of fused-ring (bicyclic) bond motifs is 1. The lowest BCUT2D eigenvalue weighted by atomic mass is 9.92. The second-order valence-corrected chi connectivity index (χ2v) is 10.2. The van der Waals surface area contributed by atoms with E-state index in [0.717, 1.165) is 11.4 Å². The molecule has 0 fully saturated rings. The lowest BCUT2D eigenvalue weighted by Crippen LogP contribution is -2.28. The fourth-order valence-corrected chi connectivity index (χ4v) is 4.63. The van der Waals surface area contributed by atoms with Crippen molar-refractivity contribution in [3.63, 3.8) is 0 Å². The van der Waals surface area contributed by atoms with Crippen molar-refractivity contribution in [2.45, 2.75) is 39.3 Å². The highest BCUT2D eigenvalue weighted by Crippen LogP contribution is 2.26. The van der Waals surface area contributed by atoms with E-state index in [2.05, 4.69) is 37.7 Å². The van der Waals surface area contributed by atoms with Crippen molar-refractivity contribution in [1.82, 2.24) is 23.9 Å². The first-order valence-electron chi connectivity index (χ1n) is 10.3. The molecule has 8 nitrogen and oxygen atoms in total. The summed E-state index contributed by atoms with van der Waals surface area (Å²) in [5, 5.41) is 7.60. The maximum atomic E-state index is 13.0. The van der Waals surface area contributed by atoms with Gasteiger partial charge in [-0.3, -0.25) is 14.2 Å². The molecule has 0 spiro atoms. The van der Waals surface area contributed by atoms with Crippen LogP contribution in [0.2, 0.25) is 0 Å². The summed E-state index contributed by atoms with van der Waals surface area (Å²) in [4.78, 5) is 30.2. The summed E-state index contributed by atoms with van der Waals surface area (Å²) < 4.78 is 5.69. The van der Waals surface area contributed by atoms with Gasteiger partial charge in [-0.1, -0.05) is 56.4 Å². The van der Waals surface area contributed by atoms with Crippen molar-refractivity contribution in [2.24, 2.45) is 0 Å². The predicted octanol–water partition coefficient (Wildman–Crippen LogP) is 4.30. The minimum Gasteiger partial charge on any atom is -0.309 e. The Hall–Kier alpha value is -3.37. The summed E-state index contributed by atoms with van der Waals surface area (Å²) in [6, 6.07) is 11.4. The van der Waals surface area contributed by atoms with Gasteiger partial charge in [0.2, 0.25) is 5.91 Å². The zero-order chi connectivity index (χ0) is 23.8. The molecular weight excluding hydrogens is 456 g/mol. The van der Waals surface area contributed by atoms with Gasteiger partial charge in [0.25, 0.3) is 5.56 Å². The SMILES string of the molecule is C=CCn1c(=S)sc2c(=O)n(CC(=O)Nc3cc(C(C)(C)C)nn3-c3ccccc3)cnc21. The summed E-state index contributed by atoms with van der Waals surface area (Å²) in [6.07, 6.45) is 3.07. The van der Waals surface area contributed by atoms with Crippen molar-refractivity contribution in [2.75, 3.05) is 5.32 Å². The monoisotopic (exact) mass is 480 g/mol. The number of nitrogens with zero attached hydrogens (tertiary/aromatic N) is 5. The van der Waals surface area contributed by atoms with Crippen molar-refractivity contribution < 1.29 is 4.79 Å². The average Bonchev–Trinajstić information content (AvgIpc) is 3.33. The Bertz CT molecular complexity index is 1450. The molecule has 33 heavy (non-hydrogen) atoms. The number of allylic oxidation sites excluding steroid dienone is 1. The van der Waals surface area contributed by atoms with Gasteiger partial charge in [-0.25, -0.2) is 9.67 Å². The predicted molar refractivity (Wildman–Crippen MR) is 134 cm³/mol. The summed E-state index contributed by atoms with van der Waals surface area (Å²) in [5.41, 5.74) is 1.66. The maximum Gasteiger partial charge on any atom is 0.273 e. The molecule has 170 valence electrons. The van der Waals surface area contributed by atoms with Crippen LogP contribution in [-0.4, -0.2) is 29.8 Å². The molecule has 0 aliphatic carbocycles. The van der Waals surface area contributed by atoms with Crippen LogP contribution in [0.15, 0.2) is 60.2 Å². The van der Waals surface area contributed by atoms with Crippen LogP contribution in [0.1, 0.15) is 26.5 Å². The number of nitrogens with one attached hydrogen (secondary N) is 1. The zero-order valence-electron chi connectivity index (χ0n) is 18.6. The third-order valence-corrected chi connectivity index (χ3v) is 6.44. The number of aromatic nitrogens is 5. The second-order valence-electron chi connectivity index (χ2n) is 8.56. The Labute approximate surface area is 199 Å². The topological polar surface area (TPSA) is 86.7 Å². The van der Waals surface area contributed by atoms with Crippen LogP contribution in [0.4, 0.5) is 5.82 Å². The summed E-state index contributed by atoms with van der Waals surface area (Å²) in [6.45, 7) is 10.2. The van der Waals surface area contributed by atoms with Crippen LogP contribution in [0, 0.1) is 3.95 Å². The van der Waals surface area contributed by atoms with Gasteiger partial charge < -0.3 is 9.88 Å². The molecule has 0 radical (unpaired) electrons. The van der Waals surface area contributed by atoms with Gasteiger partial charge in [0.15, 0.2) is 9.60 Å². The van der Waals surface area contributed by atoms with Gasteiger partial charge in [0.05, 0.1) is 11.4 Å². The number of carbonyl (C=O) groups excluding carboxylic acids is 1. The van der Waals surface area contributed by atoms with Crippen molar-refractivity contribution >= 4 is 45.6 Å². The highest BCUT2D eigenvalue weighted by molar-refractivity contribution is 7.73. The molecule has 0 unspecified atom stereocenters. The maximum absolute atomic E-state index is 13.0. The first-order valence-corrected chi connectivity index (χ1v) is 11.6. The molecule has 0 saturated heterocycles. The molecule has 0 atom stereocenters. The largest absolute Gasteiger partial charge is 0.309 e. The number of hydrogen-bond donors (Lipinski definition) is 1. The molecule has 1 N–H and O–H groups in total. The standard InChI is InChI=1S/C23H24N6O2S2/c1-5-11-28-20-19(33-22(28)32)21(31)27(14-24-20)13-18(30)25-17-12-16(23(2,3)4)26-29(17)15-9-7-6-8-10-15/h5-10,12,14H,1,11,13H2,2-4H3,(H,25,30). The van der Waals surface area contributed by atoms with Crippen LogP contribution in [-0.2, 0) is 23.3 Å². The van der Waals surface area contributed by atoms with Crippen LogP contribution < -0.4 is 10.9 Å². The molecule has 4 aromatic rings. The van der Waals surface area contributed by atoms with Gasteiger partial charge >= 0.3 is 0 Å². The minimum absolute atomic E-state index is 0.182. The number of thiazole rings is 1. The van der Waals surface area contributed by atoms with Crippen molar-refractivity contribution in [1.29, 1.82) is 0 Å². The van der Waals surface area contributed by atoms with Gasteiger partial charge in [0, 0.05) is 18.0 Å². The quantitative estimate of drug-likeness (QED) is 0.329. The van der Waals surface area contributed by atoms with E-state index in [1.807, 2.05) is 36.4 Å². The first kappa shape index (κ1) is 22.8. The molecule has 0 saturated carbocycles. The molecule has 0 bridgehead atoms. The Kier molecular flexibility index (Phi) is 6.13. The number of hydrogen-bond acceptors (Lipinski definition) is 6. The van der Waals surface area contributed by atoms with E-state index in [0.29, 0.717) is 26.7 Å². The minimum atomic E-state index is -0.357. The van der Waals surface area contributed by atoms with Crippen LogP contribution >= 0.6 is 23.6 Å². The summed E-state index contributed by atoms with van der Waals surface area (Å²) in [5.74, 6) is 0.177. The first-order chi connectivity index (χ1) is 15.7. The highest BCUT2D eigenvalue weighted by Gasteiger charge is 2.22. The number of amides is 1. The Morgan fingerprint density at radius 1 is 1.27 bits per heavy atom. The molecular formula is C23H24N6O2S2. The van der Waals surface area contributed by atoms with E-state index in [1.165, 1.54) is 22.2 Å². The smallest absolute Gasteiger partial charge is 0.273 e. The average molecular weight is 481 g/mol. The molecule has 3 heterocycles. The molecule has 4 rings (SSSR count). The molecule has 0 aliphatic heterocycles. The van der Waals surface area contributed by atoms with E-state index in [9.17, 15) is 9.59 Å². The van der Waals surface area contributed by atoms with E-state index in [4.69, 9.17) is 17.3 Å². The summed E-state index contributed by atoms with van der Waals surface area (Å²) in [7, 11) is 0.